The number of fused-ring (bicyclic) bond motifs is 1. The first-order valence-corrected chi connectivity index (χ1v) is 6.88. The molecule has 0 aromatic carbocycles. The number of hydrogen-bond donors (Lipinski definition) is 0. The first kappa shape index (κ1) is 13.1. The number of methoxy groups -OCH3 is 1. The molecule has 3 heteroatoms. The Labute approximate surface area is 109 Å². The summed E-state index contributed by atoms with van der Waals surface area (Å²) in [6.45, 7) is 0. The molecule has 1 aliphatic carbocycles. The quantitative estimate of drug-likeness (QED) is 0.761. The van der Waals surface area contributed by atoms with Crippen LogP contribution in [0.2, 0.25) is 0 Å². The Kier molecular flexibility index (Phi) is 4.73. The minimum atomic E-state index is 0.238. The number of ether oxygens (including phenoxy) is 1. The SMILES string of the molecule is COc1ccc2c(n1)CCCCCCCCC2=O. The molecule has 1 aliphatic rings. The Bertz CT molecular complexity index is 415. The maximum Gasteiger partial charge on any atom is 0.213 e. The molecule has 18 heavy (non-hydrogen) atoms. The van der Waals surface area contributed by atoms with E-state index in [0.29, 0.717) is 12.3 Å². The molecule has 0 saturated heterocycles. The first-order valence-electron chi connectivity index (χ1n) is 6.88. The number of ketones is 1. The molecule has 0 spiro atoms. The predicted molar refractivity (Wildman–Crippen MR) is 71.1 cm³/mol. The largest absolute Gasteiger partial charge is 0.481 e. The highest BCUT2D eigenvalue weighted by molar-refractivity contribution is 5.97. The van der Waals surface area contributed by atoms with E-state index >= 15 is 0 Å². The predicted octanol–water partition coefficient (Wildman–Crippen LogP) is 3.56. The standard InChI is InChI=1S/C15H21NO2/c1-18-15-11-10-12-13(16-15)8-6-4-2-3-5-7-9-14(12)17/h10-11H,2-9H2,1H3. The molecule has 2 rings (SSSR count). The van der Waals surface area contributed by atoms with Crippen LogP contribution in [-0.4, -0.2) is 17.9 Å². The van der Waals surface area contributed by atoms with Crippen molar-refractivity contribution in [1.29, 1.82) is 0 Å². The van der Waals surface area contributed by atoms with Gasteiger partial charge in [0.15, 0.2) is 5.78 Å². The van der Waals surface area contributed by atoms with Crippen LogP contribution < -0.4 is 4.74 Å². The highest BCUT2D eigenvalue weighted by Gasteiger charge is 2.14. The summed E-state index contributed by atoms with van der Waals surface area (Å²) in [4.78, 5) is 16.6. The van der Waals surface area contributed by atoms with Crippen molar-refractivity contribution in [3.05, 3.63) is 23.4 Å². The average Bonchev–Trinajstić information content (AvgIpc) is 2.44. The van der Waals surface area contributed by atoms with E-state index in [1.807, 2.05) is 6.07 Å². The van der Waals surface area contributed by atoms with E-state index in [4.69, 9.17) is 4.74 Å². The van der Waals surface area contributed by atoms with Crippen LogP contribution in [-0.2, 0) is 6.42 Å². The highest BCUT2D eigenvalue weighted by Crippen LogP contribution is 2.20. The second-order valence-corrected chi connectivity index (χ2v) is 4.89. The van der Waals surface area contributed by atoms with Gasteiger partial charge in [-0.05, 0) is 25.3 Å². The topological polar surface area (TPSA) is 39.2 Å². The summed E-state index contributed by atoms with van der Waals surface area (Å²) in [6, 6.07) is 3.66. The van der Waals surface area contributed by atoms with Gasteiger partial charge in [-0.3, -0.25) is 4.79 Å². The molecular weight excluding hydrogens is 226 g/mol. The lowest BCUT2D eigenvalue weighted by molar-refractivity contribution is 0.0978. The zero-order valence-corrected chi connectivity index (χ0v) is 11.1. The molecule has 0 fully saturated rings. The summed E-state index contributed by atoms with van der Waals surface area (Å²) in [5, 5.41) is 0. The molecule has 1 heterocycles. The lowest BCUT2D eigenvalue weighted by Crippen LogP contribution is -2.07. The number of aromatic nitrogens is 1. The zero-order valence-electron chi connectivity index (χ0n) is 11.1. The molecule has 0 saturated carbocycles. The van der Waals surface area contributed by atoms with Crippen molar-refractivity contribution in [2.45, 2.75) is 51.4 Å². The number of carbonyl (C=O) groups is 1. The van der Waals surface area contributed by atoms with Crippen LogP contribution in [0.1, 0.15) is 61.0 Å². The molecule has 0 bridgehead atoms. The highest BCUT2D eigenvalue weighted by atomic mass is 16.5. The lowest BCUT2D eigenvalue weighted by Gasteiger charge is -2.09. The van der Waals surface area contributed by atoms with E-state index in [-0.39, 0.29) is 5.78 Å². The maximum atomic E-state index is 12.2. The van der Waals surface area contributed by atoms with Crippen LogP contribution in [0.4, 0.5) is 0 Å². The fourth-order valence-electron chi connectivity index (χ4n) is 2.46. The number of nitrogens with zero attached hydrogens (tertiary/aromatic N) is 1. The van der Waals surface area contributed by atoms with E-state index in [1.54, 1.807) is 13.2 Å². The number of Topliss-reactive ketones (excluding diaryl/α,β-unsaturated/α-hetero) is 1. The van der Waals surface area contributed by atoms with Gasteiger partial charge in [-0.1, -0.05) is 25.7 Å². The third kappa shape index (κ3) is 3.31. The minimum Gasteiger partial charge on any atom is -0.481 e. The van der Waals surface area contributed by atoms with E-state index in [2.05, 4.69) is 4.98 Å². The fraction of sp³-hybridized carbons (Fsp3) is 0.600. The molecular formula is C15H21NO2. The monoisotopic (exact) mass is 247 g/mol. The summed E-state index contributed by atoms with van der Waals surface area (Å²) in [5.74, 6) is 0.846. The molecule has 0 amide bonds. The van der Waals surface area contributed by atoms with Crippen LogP contribution in [0.25, 0.3) is 0 Å². The summed E-state index contributed by atoms with van der Waals surface area (Å²) in [6.07, 6.45) is 8.58. The minimum absolute atomic E-state index is 0.238. The Morgan fingerprint density at radius 2 is 1.67 bits per heavy atom. The number of pyridine rings is 1. The van der Waals surface area contributed by atoms with Crippen molar-refractivity contribution in [1.82, 2.24) is 4.98 Å². The summed E-state index contributed by atoms with van der Waals surface area (Å²) >= 11 is 0. The van der Waals surface area contributed by atoms with Crippen molar-refractivity contribution in [3.63, 3.8) is 0 Å². The Morgan fingerprint density at radius 3 is 2.39 bits per heavy atom. The number of hydrogen-bond acceptors (Lipinski definition) is 3. The molecule has 0 unspecified atom stereocenters. The van der Waals surface area contributed by atoms with Gasteiger partial charge in [0.1, 0.15) is 0 Å². The zero-order chi connectivity index (χ0) is 12.8. The van der Waals surface area contributed by atoms with Crippen molar-refractivity contribution in [2.24, 2.45) is 0 Å². The van der Waals surface area contributed by atoms with E-state index in [1.165, 1.54) is 25.7 Å². The third-order valence-electron chi connectivity index (χ3n) is 3.53. The molecule has 0 radical (unpaired) electrons. The Balaban J connectivity index is 2.24. The number of carbonyl (C=O) groups excluding carboxylic acids is 1. The van der Waals surface area contributed by atoms with Gasteiger partial charge in [0.25, 0.3) is 0 Å². The summed E-state index contributed by atoms with van der Waals surface area (Å²) in [7, 11) is 1.61. The molecule has 1 aromatic heterocycles. The van der Waals surface area contributed by atoms with Gasteiger partial charge in [0.05, 0.1) is 12.8 Å². The van der Waals surface area contributed by atoms with Gasteiger partial charge >= 0.3 is 0 Å². The maximum absolute atomic E-state index is 12.2. The molecule has 3 nitrogen and oxygen atoms in total. The number of rotatable bonds is 1. The van der Waals surface area contributed by atoms with E-state index < -0.39 is 0 Å². The van der Waals surface area contributed by atoms with Crippen molar-refractivity contribution >= 4 is 5.78 Å². The van der Waals surface area contributed by atoms with Gasteiger partial charge in [-0.15, -0.1) is 0 Å². The smallest absolute Gasteiger partial charge is 0.213 e. The lowest BCUT2D eigenvalue weighted by atomic mass is 10.0. The van der Waals surface area contributed by atoms with Crippen LogP contribution in [0, 0.1) is 0 Å². The normalized spacial score (nSPS) is 17.7. The first-order chi connectivity index (χ1) is 8.81. The second-order valence-electron chi connectivity index (χ2n) is 4.89. The van der Waals surface area contributed by atoms with Crippen LogP contribution in [0.15, 0.2) is 12.1 Å². The average molecular weight is 247 g/mol. The molecule has 1 aromatic rings. The third-order valence-corrected chi connectivity index (χ3v) is 3.53. The summed E-state index contributed by atoms with van der Waals surface area (Å²) in [5.41, 5.74) is 1.72. The van der Waals surface area contributed by atoms with Crippen LogP contribution in [0.3, 0.4) is 0 Å². The summed E-state index contributed by atoms with van der Waals surface area (Å²) < 4.78 is 5.15. The van der Waals surface area contributed by atoms with Crippen molar-refractivity contribution in [2.75, 3.05) is 7.11 Å². The molecule has 98 valence electrons. The van der Waals surface area contributed by atoms with Crippen LogP contribution >= 0.6 is 0 Å². The second kappa shape index (κ2) is 6.53. The van der Waals surface area contributed by atoms with Crippen molar-refractivity contribution in [3.8, 4) is 5.88 Å². The van der Waals surface area contributed by atoms with E-state index in [9.17, 15) is 4.79 Å². The van der Waals surface area contributed by atoms with Gasteiger partial charge in [-0.2, -0.15) is 0 Å². The van der Waals surface area contributed by atoms with E-state index in [0.717, 1.165) is 30.5 Å². The fourth-order valence-corrected chi connectivity index (χ4v) is 2.46. The number of aryl methyl sites for hydroxylation is 1. The van der Waals surface area contributed by atoms with Gasteiger partial charge < -0.3 is 4.74 Å². The Hall–Kier alpha value is -1.38. The van der Waals surface area contributed by atoms with Crippen LogP contribution in [0.5, 0.6) is 5.88 Å². The van der Waals surface area contributed by atoms with Gasteiger partial charge in [-0.25, -0.2) is 4.98 Å². The van der Waals surface area contributed by atoms with Gasteiger partial charge in [0.2, 0.25) is 5.88 Å². The van der Waals surface area contributed by atoms with Gasteiger partial charge in [0, 0.05) is 18.1 Å². The van der Waals surface area contributed by atoms with Crippen molar-refractivity contribution < 1.29 is 9.53 Å². The Morgan fingerprint density at radius 1 is 1.00 bits per heavy atom. The molecule has 0 atom stereocenters. The molecule has 0 N–H and O–H groups in total. The molecule has 0 aliphatic heterocycles.